The molecule has 3 atom stereocenters. The van der Waals surface area contributed by atoms with Crippen molar-refractivity contribution in [3.8, 4) is 11.5 Å². The van der Waals surface area contributed by atoms with Crippen molar-refractivity contribution in [1.29, 1.82) is 0 Å². The van der Waals surface area contributed by atoms with E-state index in [0.717, 1.165) is 6.07 Å². The molecule has 1 fully saturated rings. The van der Waals surface area contributed by atoms with Crippen LogP contribution in [0.2, 0.25) is 0 Å². The normalized spacial score (nSPS) is 18.8. The standard InChI is InChI=1S/C23H24F3N3O5/c1-4-15(12-7-5-8-13(11-12)34-23(24,25)26)27-17-18(21(32)20(17)31)28-16-10-6-9-14(19(16)30)22(33)29(2)3/h5-11,15,17-18,27-28,30H,4H2,1-3H3. The van der Waals surface area contributed by atoms with Crippen LogP contribution >= 0.6 is 0 Å². The first-order valence-corrected chi connectivity index (χ1v) is 10.4. The van der Waals surface area contributed by atoms with Crippen molar-refractivity contribution in [3.63, 3.8) is 0 Å². The lowest BCUT2D eigenvalue weighted by atomic mass is 9.81. The molecule has 11 heteroatoms. The number of amides is 1. The van der Waals surface area contributed by atoms with Crippen LogP contribution in [0.5, 0.6) is 11.5 Å². The molecule has 2 aromatic rings. The highest BCUT2D eigenvalue weighted by molar-refractivity contribution is 6.49. The van der Waals surface area contributed by atoms with Gasteiger partial charge < -0.3 is 20.1 Å². The minimum atomic E-state index is -4.84. The molecule has 0 aliphatic heterocycles. The zero-order chi connectivity index (χ0) is 25.2. The van der Waals surface area contributed by atoms with E-state index in [0.29, 0.717) is 12.0 Å². The highest BCUT2D eigenvalue weighted by atomic mass is 19.4. The van der Waals surface area contributed by atoms with E-state index in [1.807, 2.05) is 0 Å². The fraction of sp³-hybridized carbons (Fsp3) is 0.348. The van der Waals surface area contributed by atoms with Gasteiger partial charge in [-0.1, -0.05) is 25.1 Å². The van der Waals surface area contributed by atoms with E-state index in [4.69, 9.17) is 0 Å². The molecule has 0 spiro atoms. The number of nitrogens with one attached hydrogen (secondary N) is 2. The third kappa shape index (κ3) is 5.30. The summed E-state index contributed by atoms with van der Waals surface area (Å²) in [5, 5.41) is 16.3. The predicted octanol–water partition coefficient (Wildman–Crippen LogP) is 3.03. The largest absolute Gasteiger partial charge is 0.573 e. The number of nitrogens with zero attached hydrogens (tertiary/aromatic N) is 1. The van der Waals surface area contributed by atoms with Crippen LogP contribution in [0.3, 0.4) is 0 Å². The van der Waals surface area contributed by atoms with Crippen LogP contribution in [0.15, 0.2) is 42.5 Å². The van der Waals surface area contributed by atoms with Gasteiger partial charge in [-0.05, 0) is 36.2 Å². The number of benzene rings is 2. The number of hydrogen-bond acceptors (Lipinski definition) is 7. The molecule has 1 amide bonds. The van der Waals surface area contributed by atoms with Crippen molar-refractivity contribution >= 4 is 23.2 Å². The lowest BCUT2D eigenvalue weighted by molar-refractivity contribution is -0.274. The molecule has 0 saturated heterocycles. The molecule has 1 saturated carbocycles. The van der Waals surface area contributed by atoms with Gasteiger partial charge in [-0.2, -0.15) is 0 Å². The topological polar surface area (TPSA) is 108 Å². The third-order valence-corrected chi connectivity index (χ3v) is 5.41. The van der Waals surface area contributed by atoms with Crippen LogP contribution in [-0.4, -0.2) is 60.0 Å². The van der Waals surface area contributed by atoms with Crippen LogP contribution in [0.25, 0.3) is 0 Å². The Kier molecular flexibility index (Phi) is 7.15. The van der Waals surface area contributed by atoms with Crippen molar-refractivity contribution in [3.05, 3.63) is 53.6 Å². The second-order valence-corrected chi connectivity index (χ2v) is 7.98. The number of alkyl halides is 3. The van der Waals surface area contributed by atoms with Gasteiger partial charge in [0.15, 0.2) is 5.75 Å². The number of carbonyl (C=O) groups is 3. The van der Waals surface area contributed by atoms with Crippen LogP contribution in [-0.2, 0) is 9.59 Å². The molecule has 0 bridgehead atoms. The summed E-state index contributed by atoms with van der Waals surface area (Å²) in [6, 6.07) is 7.19. The van der Waals surface area contributed by atoms with Gasteiger partial charge in [-0.3, -0.25) is 19.7 Å². The van der Waals surface area contributed by atoms with E-state index < -0.39 is 47.7 Å². The lowest BCUT2D eigenvalue weighted by Crippen LogP contribution is -2.67. The minimum Gasteiger partial charge on any atom is -0.505 e. The SMILES string of the molecule is CCC(NC1C(=O)C(=O)C1Nc1cccc(C(=O)N(C)C)c1O)c1cccc(OC(F)(F)F)c1. The Morgan fingerprint density at radius 1 is 1.12 bits per heavy atom. The van der Waals surface area contributed by atoms with E-state index in [1.54, 1.807) is 13.0 Å². The maximum Gasteiger partial charge on any atom is 0.573 e. The Bertz CT molecular complexity index is 1100. The summed E-state index contributed by atoms with van der Waals surface area (Å²) >= 11 is 0. The summed E-state index contributed by atoms with van der Waals surface area (Å²) in [6.45, 7) is 1.77. The number of rotatable bonds is 8. The first-order chi connectivity index (χ1) is 15.9. The summed E-state index contributed by atoms with van der Waals surface area (Å²) in [4.78, 5) is 38.1. The maximum absolute atomic E-state index is 12.6. The van der Waals surface area contributed by atoms with Gasteiger partial charge in [-0.25, -0.2) is 0 Å². The number of phenols is 1. The second kappa shape index (κ2) is 9.72. The molecule has 0 radical (unpaired) electrons. The van der Waals surface area contributed by atoms with E-state index in [9.17, 15) is 32.7 Å². The van der Waals surface area contributed by atoms with Gasteiger partial charge in [0.2, 0.25) is 11.6 Å². The molecule has 182 valence electrons. The summed E-state index contributed by atoms with van der Waals surface area (Å²) in [6.07, 6.45) is -4.44. The summed E-state index contributed by atoms with van der Waals surface area (Å²) in [5.41, 5.74) is 0.557. The summed E-state index contributed by atoms with van der Waals surface area (Å²) in [5.74, 6) is -2.62. The number of Topliss-reactive ketones (excluding diaryl/α,β-unsaturated/α-hetero) is 2. The van der Waals surface area contributed by atoms with Gasteiger partial charge in [0.25, 0.3) is 5.91 Å². The molecule has 0 aromatic heterocycles. The van der Waals surface area contributed by atoms with Crippen LogP contribution in [0.1, 0.15) is 35.3 Å². The van der Waals surface area contributed by atoms with Crippen molar-refractivity contribution in [2.45, 2.75) is 37.8 Å². The molecule has 3 rings (SSSR count). The summed E-state index contributed by atoms with van der Waals surface area (Å²) in [7, 11) is 3.05. The molecular weight excluding hydrogens is 455 g/mol. The number of phenolic OH excluding ortho intramolecular Hbond substituents is 1. The fourth-order valence-corrected chi connectivity index (χ4v) is 3.67. The molecule has 1 aliphatic rings. The Morgan fingerprint density at radius 2 is 1.76 bits per heavy atom. The van der Waals surface area contributed by atoms with Crippen molar-refractivity contribution < 1.29 is 37.4 Å². The minimum absolute atomic E-state index is 0.0190. The van der Waals surface area contributed by atoms with E-state index in [2.05, 4.69) is 15.4 Å². The predicted molar refractivity (Wildman–Crippen MR) is 117 cm³/mol. The number of ether oxygens (including phenoxy) is 1. The molecular formula is C23H24F3N3O5. The zero-order valence-electron chi connectivity index (χ0n) is 18.6. The third-order valence-electron chi connectivity index (χ3n) is 5.41. The van der Waals surface area contributed by atoms with Gasteiger partial charge in [0.05, 0.1) is 11.3 Å². The number of anilines is 1. The number of carbonyl (C=O) groups excluding carboxylic acids is 3. The monoisotopic (exact) mass is 479 g/mol. The Balaban J connectivity index is 1.80. The molecule has 1 aliphatic carbocycles. The zero-order valence-corrected chi connectivity index (χ0v) is 18.6. The number of hydrogen-bond donors (Lipinski definition) is 3. The van der Waals surface area contributed by atoms with Crippen LogP contribution < -0.4 is 15.4 Å². The van der Waals surface area contributed by atoms with Gasteiger partial charge in [0, 0.05) is 20.1 Å². The summed E-state index contributed by atoms with van der Waals surface area (Å²) < 4.78 is 41.7. The molecule has 3 N–H and O–H groups in total. The van der Waals surface area contributed by atoms with E-state index in [1.165, 1.54) is 49.3 Å². The Labute approximate surface area is 193 Å². The van der Waals surface area contributed by atoms with Gasteiger partial charge >= 0.3 is 6.36 Å². The van der Waals surface area contributed by atoms with Crippen molar-refractivity contribution in [2.24, 2.45) is 0 Å². The molecule has 34 heavy (non-hydrogen) atoms. The first kappa shape index (κ1) is 25.0. The van der Waals surface area contributed by atoms with Crippen molar-refractivity contribution in [2.75, 3.05) is 19.4 Å². The van der Waals surface area contributed by atoms with E-state index in [-0.39, 0.29) is 17.0 Å². The molecule has 2 aromatic carbocycles. The molecule has 8 nitrogen and oxygen atoms in total. The Hall–Kier alpha value is -3.60. The second-order valence-electron chi connectivity index (χ2n) is 7.98. The quantitative estimate of drug-likeness (QED) is 0.395. The van der Waals surface area contributed by atoms with Gasteiger partial charge in [-0.15, -0.1) is 13.2 Å². The number of halogens is 3. The number of para-hydroxylation sites is 1. The van der Waals surface area contributed by atoms with E-state index >= 15 is 0 Å². The van der Waals surface area contributed by atoms with Crippen molar-refractivity contribution in [1.82, 2.24) is 10.2 Å². The highest BCUT2D eigenvalue weighted by Crippen LogP contribution is 2.32. The first-order valence-electron chi connectivity index (χ1n) is 10.4. The smallest absolute Gasteiger partial charge is 0.505 e. The number of ketones is 2. The maximum atomic E-state index is 12.6. The van der Waals surface area contributed by atoms with Gasteiger partial charge in [0.1, 0.15) is 17.8 Å². The van der Waals surface area contributed by atoms with Crippen LogP contribution in [0, 0.1) is 0 Å². The lowest BCUT2D eigenvalue weighted by Gasteiger charge is -2.37. The average molecular weight is 479 g/mol. The Morgan fingerprint density at radius 3 is 2.38 bits per heavy atom. The average Bonchev–Trinajstić information content (AvgIpc) is 2.77. The molecule has 3 unspecified atom stereocenters. The number of aromatic hydroxyl groups is 1. The highest BCUT2D eigenvalue weighted by Gasteiger charge is 2.50. The fourth-order valence-electron chi connectivity index (χ4n) is 3.67. The van der Waals surface area contributed by atoms with Crippen LogP contribution in [0.4, 0.5) is 18.9 Å². The molecule has 0 heterocycles.